The number of ether oxygens (including phenoxy) is 1. The molecule has 1 aromatic rings. The molecule has 1 aromatic carbocycles. The van der Waals surface area contributed by atoms with Crippen molar-refractivity contribution in [1.82, 2.24) is 15.5 Å². The predicted molar refractivity (Wildman–Crippen MR) is 114 cm³/mol. The van der Waals surface area contributed by atoms with Gasteiger partial charge >= 0.3 is 0 Å². The van der Waals surface area contributed by atoms with E-state index in [-0.39, 0.29) is 12.4 Å². The average Bonchev–Trinajstić information content (AvgIpc) is 2.65. The second kappa shape index (κ2) is 11.4. The molecule has 1 aliphatic rings. The van der Waals surface area contributed by atoms with Crippen molar-refractivity contribution < 1.29 is 13.2 Å². The maximum atomic E-state index is 11.1. The molecule has 8 heteroatoms. The molecule has 2 rings (SSSR count). The molecule has 2 unspecified atom stereocenters. The van der Waals surface area contributed by atoms with Gasteiger partial charge in [-0.05, 0) is 25.3 Å². The van der Waals surface area contributed by atoms with Crippen LogP contribution in [0.5, 0.6) is 0 Å². The fourth-order valence-corrected chi connectivity index (χ4v) is 3.77. The molecule has 158 valence electrons. The van der Waals surface area contributed by atoms with Crippen LogP contribution in [0.15, 0.2) is 35.3 Å². The molecule has 0 radical (unpaired) electrons. The van der Waals surface area contributed by atoms with E-state index in [1.165, 1.54) is 11.8 Å². The Morgan fingerprint density at radius 3 is 2.68 bits per heavy atom. The molecule has 1 saturated heterocycles. The lowest BCUT2D eigenvalue weighted by Crippen LogP contribution is -2.51. The van der Waals surface area contributed by atoms with E-state index >= 15 is 0 Å². The van der Waals surface area contributed by atoms with Gasteiger partial charge in [-0.2, -0.15) is 0 Å². The second-order valence-corrected chi connectivity index (χ2v) is 9.67. The third-order valence-corrected chi connectivity index (χ3v) is 5.85. The molecule has 1 heterocycles. The Hall–Kier alpha value is -1.64. The molecule has 1 fully saturated rings. The number of benzene rings is 1. The highest BCUT2D eigenvalue weighted by atomic mass is 32.2. The van der Waals surface area contributed by atoms with Crippen molar-refractivity contribution in [2.45, 2.75) is 38.4 Å². The smallest absolute Gasteiger partial charge is 0.191 e. The highest BCUT2D eigenvalue weighted by Gasteiger charge is 2.25. The largest absolute Gasteiger partial charge is 0.379 e. The van der Waals surface area contributed by atoms with Gasteiger partial charge in [-0.25, -0.2) is 8.42 Å². The highest BCUT2D eigenvalue weighted by Crippen LogP contribution is 2.19. The number of hydrogen-bond donors (Lipinski definition) is 2. The fourth-order valence-electron chi connectivity index (χ4n) is 3.35. The number of nitrogens with one attached hydrogen (secondary N) is 2. The van der Waals surface area contributed by atoms with Crippen molar-refractivity contribution in [1.29, 1.82) is 0 Å². The van der Waals surface area contributed by atoms with Crippen LogP contribution in [0.2, 0.25) is 0 Å². The Bertz CT molecular complexity index is 709. The summed E-state index contributed by atoms with van der Waals surface area (Å²) in [6, 6.07) is 11.5. The van der Waals surface area contributed by atoms with Gasteiger partial charge in [0, 0.05) is 45.0 Å². The van der Waals surface area contributed by atoms with Crippen LogP contribution in [0.1, 0.15) is 25.3 Å². The van der Waals surface area contributed by atoms with E-state index in [0.717, 1.165) is 31.9 Å². The summed E-state index contributed by atoms with van der Waals surface area (Å²) in [7, 11) is -1.21. The van der Waals surface area contributed by atoms with Crippen LogP contribution < -0.4 is 10.6 Å². The van der Waals surface area contributed by atoms with Gasteiger partial charge < -0.3 is 15.4 Å². The van der Waals surface area contributed by atoms with E-state index in [1.54, 1.807) is 7.05 Å². The van der Waals surface area contributed by atoms with Crippen molar-refractivity contribution in [3.8, 4) is 0 Å². The van der Waals surface area contributed by atoms with Crippen LogP contribution in [0, 0.1) is 0 Å². The minimum Gasteiger partial charge on any atom is -0.379 e. The van der Waals surface area contributed by atoms with Crippen LogP contribution in [0.3, 0.4) is 0 Å². The molecular weight excluding hydrogens is 376 g/mol. The molecule has 2 atom stereocenters. The summed E-state index contributed by atoms with van der Waals surface area (Å²) in [6.07, 6.45) is 3.35. The zero-order valence-electron chi connectivity index (χ0n) is 17.2. The number of aliphatic imine (C=N–C) groups is 1. The summed E-state index contributed by atoms with van der Waals surface area (Å²) in [5.41, 5.74) is 1.36. The van der Waals surface area contributed by atoms with Gasteiger partial charge in [-0.1, -0.05) is 30.3 Å². The van der Waals surface area contributed by atoms with E-state index in [2.05, 4.69) is 57.8 Å². The Morgan fingerprint density at radius 1 is 1.29 bits per heavy atom. The molecule has 28 heavy (non-hydrogen) atoms. The minimum absolute atomic E-state index is 0.0550. The van der Waals surface area contributed by atoms with Gasteiger partial charge in [0.25, 0.3) is 0 Å². The number of likely N-dealkylation sites (tertiary alicyclic amines) is 1. The molecule has 0 amide bonds. The molecule has 0 aliphatic carbocycles. The SMILES string of the molecule is CN=C(NCCOCCS(C)(=O)=O)NC1CCN(Cc2ccccc2)C(C)C1. The Morgan fingerprint density at radius 2 is 2.04 bits per heavy atom. The Kier molecular flexibility index (Phi) is 9.21. The number of piperidine rings is 1. The number of rotatable bonds is 9. The van der Waals surface area contributed by atoms with Crippen LogP contribution >= 0.6 is 0 Å². The lowest BCUT2D eigenvalue weighted by molar-refractivity contribution is 0.134. The van der Waals surface area contributed by atoms with Crippen LogP contribution in [0.4, 0.5) is 0 Å². The van der Waals surface area contributed by atoms with E-state index < -0.39 is 9.84 Å². The van der Waals surface area contributed by atoms with Crippen molar-refractivity contribution in [2.75, 3.05) is 45.4 Å². The molecule has 0 aromatic heterocycles. The molecule has 1 aliphatic heterocycles. The molecule has 0 saturated carbocycles. The molecule has 0 spiro atoms. The second-order valence-electron chi connectivity index (χ2n) is 7.41. The third-order valence-electron chi connectivity index (χ3n) is 4.94. The lowest BCUT2D eigenvalue weighted by atomic mass is 9.97. The van der Waals surface area contributed by atoms with Crippen molar-refractivity contribution in [2.24, 2.45) is 4.99 Å². The van der Waals surface area contributed by atoms with E-state index in [1.807, 2.05) is 0 Å². The van der Waals surface area contributed by atoms with E-state index in [0.29, 0.717) is 25.2 Å². The molecular formula is C20H34N4O3S. The van der Waals surface area contributed by atoms with Gasteiger partial charge in [0.15, 0.2) is 5.96 Å². The van der Waals surface area contributed by atoms with Crippen LogP contribution in [-0.2, 0) is 21.1 Å². The Balaban J connectivity index is 1.67. The zero-order valence-corrected chi connectivity index (χ0v) is 18.0. The summed E-state index contributed by atoms with van der Waals surface area (Å²) in [6.45, 7) is 5.59. The quantitative estimate of drug-likeness (QED) is 0.362. The minimum atomic E-state index is -2.97. The fraction of sp³-hybridized carbons (Fsp3) is 0.650. The normalized spacial score (nSPS) is 21.5. The molecule has 0 bridgehead atoms. The number of guanidine groups is 1. The van der Waals surface area contributed by atoms with Gasteiger partial charge in [0.1, 0.15) is 9.84 Å². The monoisotopic (exact) mass is 410 g/mol. The maximum absolute atomic E-state index is 11.1. The zero-order chi connectivity index (χ0) is 20.4. The van der Waals surface area contributed by atoms with E-state index in [4.69, 9.17) is 4.74 Å². The van der Waals surface area contributed by atoms with Crippen LogP contribution in [-0.4, -0.2) is 76.7 Å². The summed E-state index contributed by atoms with van der Waals surface area (Å²) < 4.78 is 27.5. The lowest BCUT2D eigenvalue weighted by Gasteiger charge is -2.38. The number of hydrogen-bond acceptors (Lipinski definition) is 5. The summed E-state index contributed by atoms with van der Waals surface area (Å²) in [5.74, 6) is 0.819. The first-order valence-electron chi connectivity index (χ1n) is 9.88. The van der Waals surface area contributed by atoms with Crippen molar-refractivity contribution >= 4 is 15.8 Å². The van der Waals surface area contributed by atoms with Gasteiger partial charge in [-0.15, -0.1) is 0 Å². The Labute approximate surface area is 169 Å². The topological polar surface area (TPSA) is 83.0 Å². The summed E-state index contributed by atoms with van der Waals surface area (Å²) in [5, 5.41) is 6.73. The number of nitrogens with zero attached hydrogens (tertiary/aromatic N) is 2. The molecule has 2 N–H and O–H groups in total. The standard InChI is InChI=1S/C20H34N4O3S/c1-17-15-19(9-11-24(17)16-18-7-5-4-6-8-18)23-20(21-2)22-10-12-27-13-14-28(3,25)26/h4-8,17,19H,9-16H2,1-3H3,(H2,21,22,23). The third kappa shape index (κ3) is 8.58. The highest BCUT2D eigenvalue weighted by molar-refractivity contribution is 7.90. The van der Waals surface area contributed by atoms with Crippen molar-refractivity contribution in [3.63, 3.8) is 0 Å². The maximum Gasteiger partial charge on any atom is 0.191 e. The van der Waals surface area contributed by atoms with Gasteiger partial charge in [0.05, 0.1) is 19.0 Å². The van der Waals surface area contributed by atoms with Crippen LogP contribution in [0.25, 0.3) is 0 Å². The van der Waals surface area contributed by atoms with Gasteiger partial charge in [0.2, 0.25) is 0 Å². The van der Waals surface area contributed by atoms with Crippen molar-refractivity contribution in [3.05, 3.63) is 35.9 Å². The number of sulfone groups is 1. The first-order valence-corrected chi connectivity index (χ1v) is 11.9. The molecule has 7 nitrogen and oxygen atoms in total. The first-order chi connectivity index (χ1) is 13.4. The van der Waals surface area contributed by atoms with Gasteiger partial charge in [-0.3, -0.25) is 9.89 Å². The van der Waals surface area contributed by atoms with E-state index in [9.17, 15) is 8.42 Å². The average molecular weight is 411 g/mol. The summed E-state index contributed by atoms with van der Waals surface area (Å²) >= 11 is 0. The predicted octanol–water partition coefficient (Wildman–Crippen LogP) is 1.27. The first kappa shape index (κ1) is 22.6. The summed E-state index contributed by atoms with van der Waals surface area (Å²) in [4.78, 5) is 6.81.